The smallest absolute Gasteiger partial charge is 0.338 e. The van der Waals surface area contributed by atoms with Crippen LogP contribution >= 0.6 is 11.6 Å². The minimum Gasteiger partial charge on any atom is -0.460 e. The van der Waals surface area contributed by atoms with Crippen LogP contribution in [0, 0.1) is 0 Å². The zero-order valence-corrected chi connectivity index (χ0v) is 11.8. The van der Waals surface area contributed by atoms with Crippen molar-refractivity contribution in [3.8, 4) is 0 Å². The minimum absolute atomic E-state index is 0.0807. The van der Waals surface area contributed by atoms with Crippen LogP contribution < -0.4 is 5.32 Å². The normalized spacial score (nSPS) is 9.95. The van der Waals surface area contributed by atoms with Gasteiger partial charge in [0.2, 0.25) is 0 Å². The molecule has 1 aromatic heterocycles. The molecule has 2 aromatic rings. The molecule has 0 bridgehead atoms. The van der Waals surface area contributed by atoms with Crippen molar-refractivity contribution in [1.29, 1.82) is 0 Å². The molecule has 2 rings (SSSR count). The van der Waals surface area contributed by atoms with Crippen LogP contribution in [0.3, 0.4) is 0 Å². The molecule has 0 fully saturated rings. The molecule has 0 saturated heterocycles. The first-order chi connectivity index (χ1) is 10.2. The standard InChI is InChI=1S/C15H13ClN2O3/c16-13-10-12(6-7-17-13)15(20)21-9-8-18-14(19)11-4-2-1-3-5-11/h1-7,10H,8-9H2,(H,18,19). The van der Waals surface area contributed by atoms with E-state index >= 15 is 0 Å². The molecule has 0 atom stereocenters. The van der Waals surface area contributed by atoms with Crippen LogP contribution in [0.4, 0.5) is 0 Å². The maximum atomic E-state index is 11.7. The second-order valence-electron chi connectivity index (χ2n) is 4.13. The molecule has 0 saturated carbocycles. The molecular formula is C15H13ClN2O3. The van der Waals surface area contributed by atoms with Crippen LogP contribution in [0.25, 0.3) is 0 Å². The van der Waals surface area contributed by atoms with E-state index in [1.807, 2.05) is 6.07 Å². The van der Waals surface area contributed by atoms with Crippen LogP contribution in [-0.4, -0.2) is 30.0 Å². The van der Waals surface area contributed by atoms with Gasteiger partial charge in [0.05, 0.1) is 12.1 Å². The monoisotopic (exact) mass is 304 g/mol. The van der Waals surface area contributed by atoms with Gasteiger partial charge in [-0.15, -0.1) is 0 Å². The summed E-state index contributed by atoms with van der Waals surface area (Å²) in [5, 5.41) is 2.89. The van der Waals surface area contributed by atoms with E-state index in [2.05, 4.69) is 10.3 Å². The Hall–Kier alpha value is -2.40. The molecule has 6 heteroatoms. The summed E-state index contributed by atoms with van der Waals surface area (Å²) in [5.41, 5.74) is 0.883. The Morgan fingerprint density at radius 3 is 2.62 bits per heavy atom. The first-order valence-electron chi connectivity index (χ1n) is 6.29. The predicted octanol–water partition coefficient (Wildman–Crippen LogP) is 2.32. The number of rotatable bonds is 5. The fourth-order valence-electron chi connectivity index (χ4n) is 1.61. The number of esters is 1. The molecule has 0 aliphatic rings. The van der Waals surface area contributed by atoms with E-state index in [1.54, 1.807) is 24.3 Å². The zero-order chi connectivity index (χ0) is 15.1. The Balaban J connectivity index is 1.75. The zero-order valence-electron chi connectivity index (χ0n) is 11.1. The number of ether oxygens (including phenoxy) is 1. The number of nitrogens with zero attached hydrogens (tertiary/aromatic N) is 1. The lowest BCUT2D eigenvalue weighted by Crippen LogP contribution is -2.28. The molecule has 1 heterocycles. The molecule has 21 heavy (non-hydrogen) atoms. The van der Waals surface area contributed by atoms with Gasteiger partial charge in [0.15, 0.2) is 0 Å². The van der Waals surface area contributed by atoms with Crippen LogP contribution in [-0.2, 0) is 4.74 Å². The number of hydrogen-bond acceptors (Lipinski definition) is 4. The summed E-state index contributed by atoms with van der Waals surface area (Å²) in [7, 11) is 0. The van der Waals surface area contributed by atoms with Gasteiger partial charge in [-0.2, -0.15) is 0 Å². The summed E-state index contributed by atoms with van der Waals surface area (Å²) < 4.78 is 5.03. The number of carbonyl (C=O) groups is 2. The van der Waals surface area contributed by atoms with Gasteiger partial charge >= 0.3 is 5.97 Å². The molecule has 0 unspecified atom stereocenters. The van der Waals surface area contributed by atoms with Crippen molar-refractivity contribution in [1.82, 2.24) is 10.3 Å². The third-order valence-corrected chi connectivity index (χ3v) is 2.83. The third-order valence-electron chi connectivity index (χ3n) is 2.62. The van der Waals surface area contributed by atoms with Crippen molar-refractivity contribution in [2.75, 3.05) is 13.2 Å². The van der Waals surface area contributed by atoms with E-state index in [0.29, 0.717) is 11.1 Å². The van der Waals surface area contributed by atoms with Gasteiger partial charge in [0, 0.05) is 11.8 Å². The SMILES string of the molecule is O=C(NCCOC(=O)c1ccnc(Cl)c1)c1ccccc1. The number of pyridine rings is 1. The fraction of sp³-hybridized carbons (Fsp3) is 0.133. The van der Waals surface area contributed by atoms with Gasteiger partial charge in [-0.1, -0.05) is 29.8 Å². The van der Waals surface area contributed by atoms with Gasteiger partial charge in [-0.25, -0.2) is 9.78 Å². The van der Waals surface area contributed by atoms with Crippen molar-refractivity contribution < 1.29 is 14.3 Å². The second kappa shape index (κ2) is 7.40. The average molecular weight is 305 g/mol. The fourth-order valence-corrected chi connectivity index (χ4v) is 1.79. The summed E-state index contributed by atoms with van der Waals surface area (Å²) in [6.45, 7) is 0.315. The number of benzene rings is 1. The minimum atomic E-state index is -0.506. The van der Waals surface area contributed by atoms with Crippen molar-refractivity contribution in [2.45, 2.75) is 0 Å². The third kappa shape index (κ3) is 4.57. The van der Waals surface area contributed by atoms with E-state index in [1.165, 1.54) is 18.3 Å². The highest BCUT2D eigenvalue weighted by Crippen LogP contribution is 2.08. The molecule has 1 aromatic carbocycles. The number of hydrogen-bond donors (Lipinski definition) is 1. The lowest BCUT2D eigenvalue weighted by molar-refractivity contribution is 0.0503. The second-order valence-corrected chi connectivity index (χ2v) is 4.51. The van der Waals surface area contributed by atoms with E-state index < -0.39 is 5.97 Å². The van der Waals surface area contributed by atoms with Crippen molar-refractivity contribution in [3.63, 3.8) is 0 Å². The molecule has 0 spiro atoms. The van der Waals surface area contributed by atoms with Crippen LogP contribution in [0.15, 0.2) is 48.7 Å². The molecule has 1 N–H and O–H groups in total. The van der Waals surface area contributed by atoms with Gasteiger partial charge < -0.3 is 10.1 Å². The topological polar surface area (TPSA) is 68.3 Å². The number of halogens is 1. The Labute approximate surface area is 126 Å². The lowest BCUT2D eigenvalue weighted by Gasteiger charge is -2.07. The molecule has 108 valence electrons. The molecule has 0 aliphatic carbocycles. The Morgan fingerprint density at radius 2 is 1.90 bits per heavy atom. The van der Waals surface area contributed by atoms with E-state index in [9.17, 15) is 9.59 Å². The Bertz CT molecular complexity index is 632. The first-order valence-corrected chi connectivity index (χ1v) is 6.66. The number of nitrogens with one attached hydrogen (secondary N) is 1. The predicted molar refractivity (Wildman–Crippen MR) is 78.3 cm³/mol. The van der Waals surface area contributed by atoms with Gasteiger partial charge in [0.25, 0.3) is 5.91 Å². The lowest BCUT2D eigenvalue weighted by atomic mass is 10.2. The van der Waals surface area contributed by atoms with Gasteiger partial charge in [-0.3, -0.25) is 4.79 Å². The highest BCUT2D eigenvalue weighted by molar-refractivity contribution is 6.29. The Kier molecular flexibility index (Phi) is 5.29. The summed E-state index contributed by atoms with van der Waals surface area (Å²) in [5.74, 6) is -0.716. The molecular weight excluding hydrogens is 292 g/mol. The largest absolute Gasteiger partial charge is 0.460 e. The van der Waals surface area contributed by atoms with Gasteiger partial charge in [-0.05, 0) is 24.3 Å². The first kappa shape index (κ1) is 15.0. The van der Waals surface area contributed by atoms with E-state index in [0.717, 1.165) is 0 Å². The molecule has 0 aliphatic heterocycles. The highest BCUT2D eigenvalue weighted by Gasteiger charge is 2.08. The van der Waals surface area contributed by atoms with E-state index in [-0.39, 0.29) is 24.2 Å². The Morgan fingerprint density at radius 1 is 1.14 bits per heavy atom. The van der Waals surface area contributed by atoms with Crippen LogP contribution in [0.1, 0.15) is 20.7 Å². The summed E-state index contributed by atoms with van der Waals surface area (Å²) in [6.07, 6.45) is 1.43. The number of amides is 1. The van der Waals surface area contributed by atoms with Crippen molar-refractivity contribution >= 4 is 23.5 Å². The van der Waals surface area contributed by atoms with Crippen molar-refractivity contribution in [3.05, 3.63) is 64.9 Å². The number of aromatic nitrogens is 1. The maximum absolute atomic E-state index is 11.7. The van der Waals surface area contributed by atoms with Crippen LogP contribution in [0.5, 0.6) is 0 Å². The average Bonchev–Trinajstić information content (AvgIpc) is 2.52. The number of carbonyl (C=O) groups excluding carboxylic acids is 2. The molecule has 1 amide bonds. The quantitative estimate of drug-likeness (QED) is 0.523. The van der Waals surface area contributed by atoms with Gasteiger partial charge in [0.1, 0.15) is 11.8 Å². The summed E-state index contributed by atoms with van der Waals surface area (Å²) in [6, 6.07) is 11.7. The highest BCUT2D eigenvalue weighted by atomic mass is 35.5. The molecule has 0 radical (unpaired) electrons. The maximum Gasteiger partial charge on any atom is 0.338 e. The summed E-state index contributed by atoms with van der Waals surface area (Å²) in [4.78, 5) is 27.2. The van der Waals surface area contributed by atoms with Crippen molar-refractivity contribution in [2.24, 2.45) is 0 Å². The van der Waals surface area contributed by atoms with E-state index in [4.69, 9.17) is 16.3 Å². The summed E-state index contributed by atoms with van der Waals surface area (Å²) >= 11 is 5.68. The van der Waals surface area contributed by atoms with Crippen LogP contribution in [0.2, 0.25) is 5.15 Å². The molecule has 5 nitrogen and oxygen atoms in total.